The van der Waals surface area contributed by atoms with E-state index < -0.39 is 36.0 Å². The monoisotopic (exact) mass is 1170 g/mol. The number of pyridine rings is 2. The molecule has 11 rings (SSSR count). The van der Waals surface area contributed by atoms with Crippen LogP contribution in [0.15, 0.2) is 173 Å². The first kappa shape index (κ1) is 63.6. The number of aromatic nitrogens is 16. The third-order valence-electron chi connectivity index (χ3n) is 10.2. The summed E-state index contributed by atoms with van der Waals surface area (Å²) >= 11 is 0. The van der Waals surface area contributed by atoms with Crippen LogP contribution in [-0.2, 0) is 6.54 Å². The number of aromatic amines is 4. The fourth-order valence-electron chi connectivity index (χ4n) is 6.78. The first-order valence-corrected chi connectivity index (χ1v) is 24.5. The molecule has 0 radical (unpaired) electrons. The molecule has 9 heterocycles. The zero-order valence-corrected chi connectivity index (χ0v) is 46.2. The quantitative estimate of drug-likeness (QED) is 0.138. The van der Waals surface area contributed by atoms with Crippen LogP contribution in [0.4, 0.5) is 13.2 Å². The molecule has 0 unspecified atom stereocenters. The van der Waals surface area contributed by atoms with Gasteiger partial charge in [-0.05, 0) is 83.1 Å². The number of para-hydroxylation sites is 2. The van der Waals surface area contributed by atoms with Gasteiger partial charge in [-0.15, -0.1) is 25.1 Å². The van der Waals surface area contributed by atoms with Crippen LogP contribution in [0.5, 0.6) is 0 Å². The van der Waals surface area contributed by atoms with Gasteiger partial charge in [-0.3, -0.25) is 13.7 Å². The molecule has 0 saturated heterocycles. The summed E-state index contributed by atoms with van der Waals surface area (Å²) < 4.78 is 60.2. The third-order valence-corrected chi connectivity index (χ3v) is 10.2. The van der Waals surface area contributed by atoms with Gasteiger partial charge in [-0.1, -0.05) is 42.5 Å². The van der Waals surface area contributed by atoms with Crippen molar-refractivity contribution < 1.29 is 40.7 Å². The average Bonchev–Trinajstić information content (AvgIpc) is 4.48. The van der Waals surface area contributed by atoms with Crippen molar-refractivity contribution >= 4 is 5.97 Å². The standard InChI is InChI=1S/C11H10N2O3.C10H10N2O.C9H9N3O.C8H7N3O2.C6H10N2O2.C5H5F3N2O2.C3H4N2O2/c1-7-6-13(11(16)12-7)9-5-3-2-4-8(9)10(14)15;1-8-7-11-10(13)12(8)9-5-3-2-4-6-9;1-7-6-12(9(13)11-7)8-4-2-3-5-10-8;1-6-10-11(8(12)13-6)7-4-2-3-5-9-7;1-4(2)8-6(9)10-5(3)7-8;1-3-9-10(4(11)12-3)2-5(6,7)8;1-2-4-5-3(6)7-2/h2-6H,1H3,(H,12,16)(H,14,15);2-7H,1H3,(H,11,13);2-6H,1H3,(H,11,13);2-5H,1H3;4H,1-3H3;2H2,1H3;1H3,(H,5,6). The molecule has 32 heteroatoms. The van der Waals surface area contributed by atoms with Crippen LogP contribution < -0.4 is 40.1 Å². The van der Waals surface area contributed by atoms with Crippen molar-refractivity contribution in [1.29, 1.82) is 0 Å². The smallest absolute Gasteiger partial charge is 0.443 e. The maximum absolute atomic E-state index is 11.7. The van der Waals surface area contributed by atoms with Crippen LogP contribution in [0.1, 0.15) is 70.9 Å². The summed E-state index contributed by atoms with van der Waals surface area (Å²) in [6.07, 6.45) is 3.80. The highest BCUT2D eigenvalue weighted by Crippen LogP contribution is 2.16. The SMILES string of the molecule is Cc1c[nH]c(=O)n1-c1ccccc1.Cc1cn(-c2ccccc2C(=O)O)c(=O)[nH]1.Cc1cn(-c2ccccn2)c(=O)[nH]1.Cc1n[nH]c(=O)o1.Cc1nn(-c2ccccn2)c(=O)o1.Cc1nn(C(C)C)c(=O)o1.Cc1nn(CC(F)(F)F)c(=O)o1. The zero-order chi connectivity index (χ0) is 61.8. The number of halogens is 3. The second-order valence-corrected chi connectivity index (χ2v) is 17.3. The maximum Gasteiger partial charge on any atom is 0.443 e. The number of imidazole rings is 3. The van der Waals surface area contributed by atoms with Crippen molar-refractivity contribution in [2.24, 2.45) is 0 Å². The van der Waals surface area contributed by atoms with Gasteiger partial charge < -0.3 is 37.7 Å². The summed E-state index contributed by atoms with van der Waals surface area (Å²) in [6, 6.07) is 26.7. The number of carboxylic acids is 1. The molecule has 0 aliphatic rings. The van der Waals surface area contributed by atoms with E-state index in [0.717, 1.165) is 21.8 Å². The molecule has 0 fully saturated rings. The normalized spacial score (nSPS) is 10.5. The minimum atomic E-state index is -4.45. The van der Waals surface area contributed by atoms with E-state index in [9.17, 15) is 51.5 Å². The molecule has 442 valence electrons. The molecule has 2 aromatic carbocycles. The summed E-state index contributed by atoms with van der Waals surface area (Å²) in [5.74, 6) is -1.42. The van der Waals surface area contributed by atoms with Gasteiger partial charge >= 0.3 is 52.2 Å². The van der Waals surface area contributed by atoms with Gasteiger partial charge in [0.2, 0.25) is 23.6 Å². The number of nitrogens with zero attached hydrogens (tertiary/aromatic N) is 12. The number of aryl methyl sites for hydroxylation is 7. The van der Waals surface area contributed by atoms with Crippen LogP contribution in [-0.4, -0.2) is 95.4 Å². The van der Waals surface area contributed by atoms with E-state index in [4.69, 9.17) is 9.52 Å². The molecule has 29 nitrogen and oxygen atoms in total. The highest BCUT2D eigenvalue weighted by molar-refractivity contribution is 5.91. The molecule has 5 N–H and O–H groups in total. The number of alkyl halides is 3. The summed E-state index contributed by atoms with van der Waals surface area (Å²) in [5.41, 5.74) is 3.20. The van der Waals surface area contributed by atoms with Crippen molar-refractivity contribution in [2.75, 3.05) is 0 Å². The Morgan fingerprint density at radius 3 is 1.55 bits per heavy atom. The number of carbonyl (C=O) groups is 1. The van der Waals surface area contributed by atoms with Gasteiger partial charge in [0.25, 0.3) is 0 Å². The largest absolute Gasteiger partial charge is 0.478 e. The van der Waals surface area contributed by atoms with E-state index in [-0.39, 0.29) is 45.0 Å². The maximum atomic E-state index is 11.7. The van der Waals surface area contributed by atoms with Crippen molar-refractivity contribution in [1.82, 2.24) is 78.2 Å². The lowest BCUT2D eigenvalue weighted by Gasteiger charge is -2.04. The van der Waals surface area contributed by atoms with Gasteiger partial charge in [0.1, 0.15) is 12.4 Å². The average molecular weight is 1170 g/mol. The number of aromatic carboxylic acids is 1. The predicted molar refractivity (Wildman–Crippen MR) is 292 cm³/mol. The van der Waals surface area contributed by atoms with Crippen LogP contribution in [0, 0.1) is 48.5 Å². The van der Waals surface area contributed by atoms with Gasteiger partial charge in [-0.25, -0.2) is 53.4 Å². The Labute approximate surface area is 469 Å². The molecule has 0 aliphatic carbocycles. The molecule has 0 atom stereocenters. The summed E-state index contributed by atoms with van der Waals surface area (Å²) in [4.78, 5) is 104. The molecular weight excluding hydrogens is 1110 g/mol. The number of hydrogen-bond acceptors (Lipinski definition) is 18. The fourth-order valence-corrected chi connectivity index (χ4v) is 6.78. The molecular formula is C52H55F3N16O13. The Bertz CT molecular complexity index is 4190. The Balaban J connectivity index is 0.000000181. The van der Waals surface area contributed by atoms with E-state index in [1.54, 1.807) is 106 Å². The van der Waals surface area contributed by atoms with Crippen LogP contribution >= 0.6 is 0 Å². The fraction of sp³-hybridized carbons (Fsp3) is 0.231. The summed E-state index contributed by atoms with van der Waals surface area (Å²) in [7, 11) is 0. The van der Waals surface area contributed by atoms with Gasteiger partial charge in [0, 0.05) is 75.8 Å². The lowest BCUT2D eigenvalue weighted by atomic mass is 10.2. The Morgan fingerprint density at radius 1 is 0.607 bits per heavy atom. The van der Waals surface area contributed by atoms with Crippen molar-refractivity contribution in [3.8, 4) is 23.0 Å². The summed E-state index contributed by atoms with van der Waals surface area (Å²) in [6.45, 7) is 14.0. The Kier molecular flexibility index (Phi) is 22.2. The molecule has 9 aromatic heterocycles. The van der Waals surface area contributed by atoms with E-state index in [1.807, 2.05) is 70.2 Å². The van der Waals surface area contributed by atoms with Crippen LogP contribution in [0.25, 0.3) is 23.0 Å². The van der Waals surface area contributed by atoms with E-state index in [0.29, 0.717) is 40.7 Å². The minimum absolute atomic E-state index is 0.0740. The predicted octanol–water partition coefficient (Wildman–Crippen LogP) is 5.15. The zero-order valence-electron chi connectivity index (χ0n) is 46.2. The number of nitrogens with one attached hydrogen (secondary N) is 4. The van der Waals surface area contributed by atoms with Crippen molar-refractivity contribution in [2.45, 2.75) is 81.1 Å². The number of hydrogen-bond donors (Lipinski definition) is 5. The van der Waals surface area contributed by atoms with E-state index >= 15 is 0 Å². The third kappa shape index (κ3) is 19.0. The molecule has 11 aromatic rings. The van der Waals surface area contributed by atoms with Crippen molar-refractivity contribution in [3.05, 3.63) is 242 Å². The minimum Gasteiger partial charge on any atom is -0.478 e. The van der Waals surface area contributed by atoms with Crippen LogP contribution in [0.2, 0.25) is 0 Å². The lowest BCUT2D eigenvalue weighted by molar-refractivity contribution is -0.143. The molecule has 0 amide bonds. The highest BCUT2D eigenvalue weighted by Gasteiger charge is 2.30. The number of H-pyrrole nitrogens is 4. The Hall–Kier alpha value is -11.2. The number of carboxylic acid groups (broad SMARTS) is 1. The molecule has 0 aliphatic heterocycles. The van der Waals surface area contributed by atoms with Crippen molar-refractivity contribution in [3.63, 3.8) is 0 Å². The summed E-state index contributed by atoms with van der Waals surface area (Å²) in [5, 5.41) is 25.4. The van der Waals surface area contributed by atoms with Gasteiger partial charge in [-0.2, -0.15) is 22.5 Å². The second-order valence-electron chi connectivity index (χ2n) is 17.3. The Morgan fingerprint density at radius 2 is 1.14 bits per heavy atom. The number of benzene rings is 2. The molecule has 84 heavy (non-hydrogen) atoms. The van der Waals surface area contributed by atoms with E-state index in [2.05, 4.69) is 63.7 Å². The van der Waals surface area contributed by atoms with Gasteiger partial charge in [0.05, 0.1) is 23.0 Å². The first-order valence-electron chi connectivity index (χ1n) is 24.5. The van der Waals surface area contributed by atoms with E-state index in [1.165, 1.54) is 26.8 Å². The number of rotatable bonds is 7. The first-order chi connectivity index (χ1) is 39.7. The topological polar surface area (TPSA) is 379 Å². The molecule has 0 spiro atoms. The van der Waals surface area contributed by atoms with Crippen LogP contribution in [0.3, 0.4) is 0 Å². The second kappa shape index (κ2) is 29.3. The highest BCUT2D eigenvalue weighted by atomic mass is 19.4. The van der Waals surface area contributed by atoms with Gasteiger partial charge in [0.15, 0.2) is 5.82 Å². The molecule has 0 bridgehead atoms. The lowest BCUT2D eigenvalue weighted by Crippen LogP contribution is -2.26. The molecule has 0 saturated carbocycles.